The van der Waals surface area contributed by atoms with Crippen molar-refractivity contribution in [2.75, 3.05) is 17.4 Å². The van der Waals surface area contributed by atoms with E-state index in [1.807, 2.05) is 48.2 Å². The number of nitrogens with zero attached hydrogens (tertiary/aromatic N) is 2. The van der Waals surface area contributed by atoms with E-state index >= 15 is 0 Å². The van der Waals surface area contributed by atoms with Crippen molar-refractivity contribution in [3.63, 3.8) is 0 Å². The molecule has 38 heavy (non-hydrogen) atoms. The van der Waals surface area contributed by atoms with Crippen LogP contribution >= 0.6 is 0 Å². The number of carbonyl (C=O) groups excluding carboxylic acids is 2. The second kappa shape index (κ2) is 11.8. The van der Waals surface area contributed by atoms with Gasteiger partial charge in [-0.1, -0.05) is 67.9 Å². The van der Waals surface area contributed by atoms with Gasteiger partial charge in [-0.05, 0) is 60.2 Å². The number of aryl methyl sites for hydroxylation is 1. The molecule has 1 aliphatic rings. The Morgan fingerprint density at radius 3 is 2.16 bits per heavy atom. The first-order chi connectivity index (χ1) is 18.1. The molecule has 0 radical (unpaired) electrons. The third-order valence-corrected chi connectivity index (χ3v) is 8.59. The molecule has 1 N–H and O–H groups in total. The van der Waals surface area contributed by atoms with Crippen LogP contribution in [-0.4, -0.2) is 38.2 Å². The Morgan fingerprint density at radius 2 is 1.58 bits per heavy atom. The van der Waals surface area contributed by atoms with Crippen molar-refractivity contribution in [2.24, 2.45) is 0 Å². The van der Waals surface area contributed by atoms with Crippen LogP contribution in [0.2, 0.25) is 0 Å². The third kappa shape index (κ3) is 6.61. The normalized spacial score (nSPS) is 13.7. The zero-order valence-corrected chi connectivity index (χ0v) is 23.0. The lowest BCUT2D eigenvalue weighted by Crippen LogP contribution is -2.40. The molecule has 0 spiro atoms. The van der Waals surface area contributed by atoms with Crippen LogP contribution in [0.5, 0.6) is 0 Å². The van der Waals surface area contributed by atoms with E-state index in [0.717, 1.165) is 39.5 Å². The average molecular weight is 534 g/mol. The number of amides is 2. The molecule has 7 nitrogen and oxygen atoms in total. The van der Waals surface area contributed by atoms with Crippen LogP contribution in [0, 0.1) is 6.92 Å². The standard InChI is InChI=1S/C30H35N3O4S/c1-22(2)26-12-14-27(15-13-26)33(38(36,37)28-16-6-23(3)7-17-28)21-29(34)31-19-24-8-10-25(11-9-24)20-32-18-4-5-30(32)35/h6-17,22H,4-5,18-21H2,1-3H3,(H,31,34). The van der Waals surface area contributed by atoms with Gasteiger partial charge in [0.15, 0.2) is 0 Å². The van der Waals surface area contributed by atoms with Crippen molar-refractivity contribution in [3.05, 3.63) is 95.1 Å². The zero-order valence-electron chi connectivity index (χ0n) is 22.2. The van der Waals surface area contributed by atoms with E-state index < -0.39 is 15.9 Å². The molecular weight excluding hydrogens is 498 g/mol. The van der Waals surface area contributed by atoms with Crippen LogP contribution in [-0.2, 0) is 32.7 Å². The molecule has 0 aliphatic carbocycles. The molecule has 4 rings (SSSR count). The highest BCUT2D eigenvalue weighted by molar-refractivity contribution is 7.92. The van der Waals surface area contributed by atoms with E-state index in [0.29, 0.717) is 24.6 Å². The number of hydrogen-bond acceptors (Lipinski definition) is 4. The summed E-state index contributed by atoms with van der Waals surface area (Å²) >= 11 is 0. The number of benzene rings is 3. The van der Waals surface area contributed by atoms with Gasteiger partial charge < -0.3 is 10.2 Å². The number of carbonyl (C=O) groups is 2. The van der Waals surface area contributed by atoms with Gasteiger partial charge in [0.25, 0.3) is 10.0 Å². The minimum atomic E-state index is -3.96. The van der Waals surface area contributed by atoms with Crippen molar-refractivity contribution in [2.45, 2.75) is 57.5 Å². The Morgan fingerprint density at radius 1 is 0.947 bits per heavy atom. The number of hydrogen-bond donors (Lipinski definition) is 1. The molecule has 1 heterocycles. The Bertz CT molecular complexity index is 1370. The van der Waals surface area contributed by atoms with E-state index in [2.05, 4.69) is 19.2 Å². The number of likely N-dealkylation sites (tertiary alicyclic amines) is 1. The van der Waals surface area contributed by atoms with Gasteiger partial charge >= 0.3 is 0 Å². The lowest BCUT2D eigenvalue weighted by molar-refractivity contribution is -0.128. The quantitative estimate of drug-likeness (QED) is 0.407. The molecule has 0 aromatic heterocycles. The van der Waals surface area contributed by atoms with Gasteiger partial charge in [0.2, 0.25) is 11.8 Å². The summed E-state index contributed by atoms with van der Waals surface area (Å²) in [6.07, 6.45) is 1.52. The lowest BCUT2D eigenvalue weighted by atomic mass is 10.0. The van der Waals surface area contributed by atoms with E-state index in [4.69, 9.17) is 0 Å². The molecule has 3 aromatic rings. The van der Waals surface area contributed by atoms with Crippen LogP contribution in [0.25, 0.3) is 0 Å². The van der Waals surface area contributed by atoms with Crippen LogP contribution in [0.1, 0.15) is 54.9 Å². The molecule has 0 unspecified atom stereocenters. The fourth-order valence-electron chi connectivity index (χ4n) is 4.42. The topological polar surface area (TPSA) is 86.8 Å². The van der Waals surface area contributed by atoms with Gasteiger partial charge in [0.1, 0.15) is 6.54 Å². The van der Waals surface area contributed by atoms with Crippen LogP contribution in [0.3, 0.4) is 0 Å². The number of nitrogens with one attached hydrogen (secondary N) is 1. The molecule has 0 saturated carbocycles. The fourth-order valence-corrected chi connectivity index (χ4v) is 5.84. The van der Waals surface area contributed by atoms with E-state index in [-0.39, 0.29) is 23.9 Å². The molecule has 1 aliphatic heterocycles. The van der Waals surface area contributed by atoms with Crippen molar-refractivity contribution >= 4 is 27.5 Å². The second-order valence-corrected chi connectivity index (χ2v) is 11.9. The van der Waals surface area contributed by atoms with E-state index in [1.54, 1.807) is 36.4 Å². The summed E-state index contributed by atoms with van der Waals surface area (Å²) < 4.78 is 28.3. The van der Waals surface area contributed by atoms with Gasteiger partial charge in [0.05, 0.1) is 10.6 Å². The number of rotatable bonds is 10. The third-order valence-electron chi connectivity index (χ3n) is 6.80. The summed E-state index contributed by atoms with van der Waals surface area (Å²) in [7, 11) is -3.96. The van der Waals surface area contributed by atoms with Crippen molar-refractivity contribution in [3.8, 4) is 0 Å². The highest BCUT2D eigenvalue weighted by Gasteiger charge is 2.27. The maximum atomic E-state index is 13.6. The molecule has 2 amide bonds. The first-order valence-corrected chi connectivity index (χ1v) is 14.4. The van der Waals surface area contributed by atoms with Crippen LogP contribution < -0.4 is 9.62 Å². The van der Waals surface area contributed by atoms with Gasteiger partial charge in [-0.3, -0.25) is 13.9 Å². The van der Waals surface area contributed by atoms with Gasteiger partial charge in [-0.2, -0.15) is 0 Å². The summed E-state index contributed by atoms with van der Waals surface area (Å²) in [6.45, 7) is 7.35. The monoisotopic (exact) mass is 533 g/mol. The number of anilines is 1. The lowest BCUT2D eigenvalue weighted by Gasteiger charge is -2.24. The fraction of sp³-hybridized carbons (Fsp3) is 0.333. The summed E-state index contributed by atoms with van der Waals surface area (Å²) in [6, 6.07) is 21.7. The molecule has 0 atom stereocenters. The van der Waals surface area contributed by atoms with E-state index in [1.165, 1.54) is 0 Å². The highest BCUT2D eigenvalue weighted by atomic mass is 32.2. The van der Waals surface area contributed by atoms with E-state index in [9.17, 15) is 18.0 Å². The van der Waals surface area contributed by atoms with Gasteiger partial charge in [-0.15, -0.1) is 0 Å². The van der Waals surface area contributed by atoms with Crippen molar-refractivity contribution < 1.29 is 18.0 Å². The van der Waals surface area contributed by atoms with Crippen LogP contribution in [0.15, 0.2) is 77.7 Å². The second-order valence-electron chi connectivity index (χ2n) is 10.1. The van der Waals surface area contributed by atoms with Crippen molar-refractivity contribution in [1.29, 1.82) is 0 Å². The Labute approximate surface area is 225 Å². The smallest absolute Gasteiger partial charge is 0.264 e. The maximum absolute atomic E-state index is 13.6. The predicted molar refractivity (Wildman–Crippen MR) is 149 cm³/mol. The summed E-state index contributed by atoms with van der Waals surface area (Å²) in [5, 5.41) is 2.85. The minimum absolute atomic E-state index is 0.135. The molecule has 1 saturated heterocycles. The minimum Gasteiger partial charge on any atom is -0.350 e. The molecule has 1 fully saturated rings. The summed E-state index contributed by atoms with van der Waals surface area (Å²) in [4.78, 5) is 26.8. The Kier molecular flexibility index (Phi) is 8.52. The molecule has 0 bridgehead atoms. The molecule has 200 valence electrons. The SMILES string of the molecule is Cc1ccc(S(=O)(=O)N(CC(=O)NCc2ccc(CN3CCCC3=O)cc2)c2ccc(C(C)C)cc2)cc1. The summed E-state index contributed by atoms with van der Waals surface area (Å²) in [5.41, 5.74) is 4.40. The van der Waals surface area contributed by atoms with Crippen LogP contribution in [0.4, 0.5) is 5.69 Å². The maximum Gasteiger partial charge on any atom is 0.264 e. The zero-order chi connectivity index (χ0) is 27.3. The first-order valence-electron chi connectivity index (χ1n) is 12.9. The van der Waals surface area contributed by atoms with Gasteiger partial charge in [0, 0.05) is 26.1 Å². The Balaban J connectivity index is 1.46. The average Bonchev–Trinajstić information content (AvgIpc) is 3.31. The van der Waals surface area contributed by atoms with Crippen molar-refractivity contribution in [1.82, 2.24) is 10.2 Å². The Hall–Kier alpha value is -3.65. The highest BCUT2D eigenvalue weighted by Crippen LogP contribution is 2.26. The summed E-state index contributed by atoms with van der Waals surface area (Å²) in [5.74, 6) is 0.0856. The predicted octanol–water partition coefficient (Wildman–Crippen LogP) is 4.75. The molecule has 8 heteroatoms. The molecular formula is C30H35N3O4S. The first kappa shape index (κ1) is 27.4. The van der Waals surface area contributed by atoms with Gasteiger partial charge in [-0.25, -0.2) is 8.42 Å². The molecule has 3 aromatic carbocycles. The number of sulfonamides is 1. The largest absolute Gasteiger partial charge is 0.350 e.